The molecule has 96 valence electrons. The molecule has 0 radical (unpaired) electrons. The van der Waals surface area contributed by atoms with Crippen LogP contribution in [0.2, 0.25) is 0 Å². The zero-order chi connectivity index (χ0) is 12.6. The van der Waals surface area contributed by atoms with E-state index in [1.165, 1.54) is 30.4 Å². The van der Waals surface area contributed by atoms with Crippen molar-refractivity contribution in [2.45, 2.75) is 24.7 Å². The summed E-state index contributed by atoms with van der Waals surface area (Å²) >= 11 is 0. The minimum Gasteiger partial charge on any atom is -0.375 e. The Bertz CT molecular complexity index is 471. The lowest BCUT2D eigenvalue weighted by molar-refractivity contribution is -0.124. The van der Waals surface area contributed by atoms with Crippen LogP contribution in [-0.2, 0) is 21.4 Å². The van der Waals surface area contributed by atoms with Gasteiger partial charge in [0.15, 0.2) is 0 Å². The summed E-state index contributed by atoms with van der Waals surface area (Å²) in [6.07, 6.45) is 3.66. The number of carbonyl (C=O) groups is 1. The molecule has 0 unspecified atom stereocenters. The molecule has 0 aromatic heterocycles. The molecule has 2 atom stereocenters. The van der Waals surface area contributed by atoms with Crippen molar-refractivity contribution in [1.82, 2.24) is 5.32 Å². The van der Waals surface area contributed by atoms with E-state index in [0.29, 0.717) is 11.3 Å². The second-order valence-corrected chi connectivity index (χ2v) is 5.45. The second-order valence-electron chi connectivity index (χ2n) is 5.45. The Morgan fingerprint density at radius 3 is 3.17 bits per heavy atom. The first kappa shape index (κ1) is 11.7. The Labute approximate surface area is 108 Å². The van der Waals surface area contributed by atoms with Crippen LogP contribution in [0.1, 0.15) is 24.0 Å². The van der Waals surface area contributed by atoms with Gasteiger partial charge in [0.25, 0.3) is 0 Å². The molecule has 2 aliphatic carbocycles. The van der Waals surface area contributed by atoms with Crippen molar-refractivity contribution in [2.24, 2.45) is 5.92 Å². The summed E-state index contributed by atoms with van der Waals surface area (Å²) in [5.41, 5.74) is 3.40. The van der Waals surface area contributed by atoms with Gasteiger partial charge in [0.1, 0.15) is 6.61 Å². The summed E-state index contributed by atoms with van der Waals surface area (Å²) in [5.74, 6) is 0.604. The van der Waals surface area contributed by atoms with Gasteiger partial charge in [0.05, 0.1) is 0 Å². The SMILES string of the molecule is COCC(=O)NC[C@H]1C[C@]12CCc1ccccc12. The molecule has 1 N–H and O–H groups in total. The van der Waals surface area contributed by atoms with E-state index in [4.69, 9.17) is 4.74 Å². The highest BCUT2D eigenvalue weighted by Crippen LogP contribution is 2.61. The van der Waals surface area contributed by atoms with Crippen molar-refractivity contribution in [1.29, 1.82) is 0 Å². The summed E-state index contributed by atoms with van der Waals surface area (Å²) in [6, 6.07) is 8.75. The Balaban J connectivity index is 1.62. The van der Waals surface area contributed by atoms with Gasteiger partial charge in [-0.1, -0.05) is 24.3 Å². The lowest BCUT2D eigenvalue weighted by Crippen LogP contribution is -2.30. The summed E-state index contributed by atoms with van der Waals surface area (Å²) in [4.78, 5) is 11.4. The third-order valence-corrected chi connectivity index (χ3v) is 4.45. The quantitative estimate of drug-likeness (QED) is 0.876. The fraction of sp³-hybridized carbons (Fsp3) is 0.533. The number of benzene rings is 1. The number of ether oxygens (including phenoxy) is 1. The highest BCUT2D eigenvalue weighted by Gasteiger charge is 2.57. The fourth-order valence-electron chi connectivity index (χ4n) is 3.42. The topological polar surface area (TPSA) is 38.3 Å². The molecular weight excluding hydrogens is 226 g/mol. The average Bonchev–Trinajstić information content (AvgIpc) is 2.96. The molecule has 1 aromatic carbocycles. The zero-order valence-electron chi connectivity index (χ0n) is 10.7. The maximum Gasteiger partial charge on any atom is 0.245 e. The average molecular weight is 245 g/mol. The Hall–Kier alpha value is -1.35. The van der Waals surface area contributed by atoms with Crippen LogP contribution < -0.4 is 5.32 Å². The predicted molar refractivity (Wildman–Crippen MR) is 69.4 cm³/mol. The largest absolute Gasteiger partial charge is 0.375 e. The van der Waals surface area contributed by atoms with Gasteiger partial charge in [-0.25, -0.2) is 0 Å². The monoisotopic (exact) mass is 245 g/mol. The molecule has 1 saturated carbocycles. The summed E-state index contributed by atoms with van der Waals surface area (Å²) in [5, 5.41) is 2.96. The van der Waals surface area contributed by atoms with Crippen LogP contribution in [0.25, 0.3) is 0 Å². The van der Waals surface area contributed by atoms with Crippen molar-refractivity contribution in [3.05, 3.63) is 35.4 Å². The van der Waals surface area contributed by atoms with Crippen LogP contribution in [0.3, 0.4) is 0 Å². The van der Waals surface area contributed by atoms with E-state index in [9.17, 15) is 4.79 Å². The smallest absolute Gasteiger partial charge is 0.245 e. The van der Waals surface area contributed by atoms with E-state index < -0.39 is 0 Å². The number of hydrogen-bond acceptors (Lipinski definition) is 2. The highest BCUT2D eigenvalue weighted by molar-refractivity contribution is 5.77. The van der Waals surface area contributed by atoms with E-state index in [2.05, 4.69) is 29.6 Å². The van der Waals surface area contributed by atoms with Gasteiger partial charge in [-0.05, 0) is 36.3 Å². The van der Waals surface area contributed by atoms with Gasteiger partial charge >= 0.3 is 0 Å². The first-order valence-electron chi connectivity index (χ1n) is 6.60. The Kier molecular flexibility index (Phi) is 2.86. The highest BCUT2D eigenvalue weighted by atomic mass is 16.5. The molecular formula is C15H19NO2. The van der Waals surface area contributed by atoms with Crippen molar-refractivity contribution < 1.29 is 9.53 Å². The van der Waals surface area contributed by atoms with Gasteiger partial charge in [-0.2, -0.15) is 0 Å². The van der Waals surface area contributed by atoms with Gasteiger partial charge in [0, 0.05) is 19.1 Å². The molecule has 0 aliphatic heterocycles. The molecule has 1 fully saturated rings. The molecule has 1 aromatic rings. The van der Waals surface area contributed by atoms with Crippen molar-refractivity contribution >= 4 is 5.91 Å². The third kappa shape index (κ3) is 1.83. The molecule has 3 rings (SSSR count). The van der Waals surface area contributed by atoms with Gasteiger partial charge in [0.2, 0.25) is 5.91 Å². The van der Waals surface area contributed by atoms with Crippen LogP contribution in [0.5, 0.6) is 0 Å². The summed E-state index contributed by atoms with van der Waals surface area (Å²) < 4.78 is 4.82. The summed E-state index contributed by atoms with van der Waals surface area (Å²) in [7, 11) is 1.55. The summed E-state index contributed by atoms with van der Waals surface area (Å²) in [6.45, 7) is 0.951. The molecule has 0 bridgehead atoms. The first-order chi connectivity index (χ1) is 8.76. The van der Waals surface area contributed by atoms with E-state index >= 15 is 0 Å². The maximum atomic E-state index is 11.4. The van der Waals surface area contributed by atoms with E-state index in [1.807, 2.05) is 0 Å². The van der Waals surface area contributed by atoms with E-state index in [1.54, 1.807) is 7.11 Å². The number of nitrogens with one attached hydrogen (secondary N) is 1. The lowest BCUT2D eigenvalue weighted by Gasteiger charge is -2.12. The molecule has 18 heavy (non-hydrogen) atoms. The zero-order valence-corrected chi connectivity index (χ0v) is 10.7. The van der Waals surface area contributed by atoms with E-state index in [-0.39, 0.29) is 12.5 Å². The van der Waals surface area contributed by atoms with Gasteiger partial charge in [-0.3, -0.25) is 4.79 Å². The minimum absolute atomic E-state index is 0.00849. The first-order valence-corrected chi connectivity index (χ1v) is 6.60. The van der Waals surface area contributed by atoms with Gasteiger partial charge in [-0.15, -0.1) is 0 Å². The number of methoxy groups -OCH3 is 1. The third-order valence-electron chi connectivity index (χ3n) is 4.45. The molecule has 1 spiro atoms. The Morgan fingerprint density at radius 1 is 1.50 bits per heavy atom. The van der Waals surface area contributed by atoms with Crippen LogP contribution in [0.15, 0.2) is 24.3 Å². The normalized spacial score (nSPS) is 28.2. The standard InChI is InChI=1S/C15H19NO2/c1-18-10-14(17)16-9-12-8-15(12)7-6-11-4-2-3-5-13(11)15/h2-5,12H,6-10H2,1H3,(H,16,17)/t12-,15-/m1/s1. The fourth-order valence-corrected chi connectivity index (χ4v) is 3.42. The number of fused-ring (bicyclic) bond motifs is 2. The van der Waals surface area contributed by atoms with E-state index in [0.717, 1.165) is 6.54 Å². The second kappa shape index (κ2) is 4.39. The molecule has 1 amide bonds. The van der Waals surface area contributed by atoms with Crippen molar-refractivity contribution in [3.63, 3.8) is 0 Å². The number of aryl methyl sites for hydroxylation is 1. The predicted octanol–water partition coefficient (Wildman–Crippen LogP) is 1.65. The lowest BCUT2D eigenvalue weighted by atomic mass is 9.95. The molecule has 3 nitrogen and oxygen atoms in total. The van der Waals surface area contributed by atoms with Crippen molar-refractivity contribution in [3.8, 4) is 0 Å². The van der Waals surface area contributed by atoms with Crippen LogP contribution in [0, 0.1) is 5.92 Å². The number of amides is 1. The molecule has 0 heterocycles. The number of carbonyl (C=O) groups excluding carboxylic acids is 1. The van der Waals surface area contributed by atoms with Crippen molar-refractivity contribution in [2.75, 3.05) is 20.3 Å². The maximum absolute atomic E-state index is 11.4. The van der Waals surface area contributed by atoms with Gasteiger partial charge < -0.3 is 10.1 Å². The molecule has 3 heteroatoms. The molecule has 0 saturated heterocycles. The minimum atomic E-state index is -0.00849. The number of hydrogen-bond donors (Lipinski definition) is 1. The molecule has 2 aliphatic rings. The van der Waals surface area contributed by atoms with Crippen LogP contribution >= 0.6 is 0 Å². The van der Waals surface area contributed by atoms with Crippen LogP contribution in [0.4, 0.5) is 0 Å². The van der Waals surface area contributed by atoms with Crippen LogP contribution in [-0.4, -0.2) is 26.2 Å². The number of rotatable bonds is 4. The Morgan fingerprint density at radius 2 is 2.33 bits per heavy atom.